The molecule has 1 N–H and O–H groups in total. The highest BCUT2D eigenvalue weighted by Gasteiger charge is 2.11. The van der Waals surface area contributed by atoms with Gasteiger partial charge in [0.05, 0.1) is 5.56 Å². The number of aromatic nitrogens is 1. The summed E-state index contributed by atoms with van der Waals surface area (Å²) in [4.78, 5) is 12.0. The van der Waals surface area contributed by atoms with Crippen LogP contribution in [-0.4, -0.2) is 9.67 Å². The Balaban J connectivity index is 2.77. The number of aromatic hydroxyl groups is 1. The minimum Gasteiger partial charge on any atom is -0.507 e. The third kappa shape index (κ3) is 1.60. The summed E-state index contributed by atoms with van der Waals surface area (Å²) in [5.41, 5.74) is 1.65. The average molecular weight is 215 g/mol. The minimum atomic E-state index is -0.177. The second kappa shape index (κ2) is 3.85. The molecule has 0 aliphatic carbocycles. The number of hydrogen-bond donors (Lipinski definition) is 1. The van der Waals surface area contributed by atoms with Crippen LogP contribution in [-0.2, 0) is 7.05 Å². The van der Waals surface area contributed by atoms with Crippen LogP contribution < -0.4 is 5.56 Å². The van der Waals surface area contributed by atoms with Crippen molar-refractivity contribution in [3.05, 3.63) is 52.4 Å². The first-order chi connectivity index (χ1) is 7.61. The van der Waals surface area contributed by atoms with Crippen LogP contribution in [0.3, 0.4) is 0 Å². The van der Waals surface area contributed by atoms with Gasteiger partial charge in [-0.2, -0.15) is 0 Å². The van der Waals surface area contributed by atoms with Gasteiger partial charge in [0, 0.05) is 18.8 Å². The highest BCUT2D eigenvalue weighted by molar-refractivity contribution is 5.69. The summed E-state index contributed by atoms with van der Waals surface area (Å²) < 4.78 is 1.53. The van der Waals surface area contributed by atoms with Crippen molar-refractivity contribution >= 4 is 0 Å². The molecule has 2 rings (SSSR count). The topological polar surface area (TPSA) is 42.2 Å². The standard InChI is InChI=1S/C13H13NO2/c1-9-8-11(15)12(13(16)14(9)2)10-6-4-3-5-7-10/h3-8,15H,1-2H3. The molecule has 2 aromatic rings. The maximum atomic E-state index is 12.0. The van der Waals surface area contributed by atoms with E-state index in [2.05, 4.69) is 0 Å². The van der Waals surface area contributed by atoms with Gasteiger partial charge in [-0.25, -0.2) is 0 Å². The van der Waals surface area contributed by atoms with E-state index >= 15 is 0 Å². The lowest BCUT2D eigenvalue weighted by Crippen LogP contribution is -2.20. The SMILES string of the molecule is Cc1cc(O)c(-c2ccccc2)c(=O)n1C. The summed E-state index contributed by atoms with van der Waals surface area (Å²) in [7, 11) is 1.70. The average Bonchev–Trinajstić information content (AvgIpc) is 2.28. The van der Waals surface area contributed by atoms with E-state index in [9.17, 15) is 9.90 Å². The van der Waals surface area contributed by atoms with Gasteiger partial charge in [-0.15, -0.1) is 0 Å². The smallest absolute Gasteiger partial charge is 0.262 e. The maximum Gasteiger partial charge on any atom is 0.262 e. The van der Waals surface area contributed by atoms with Crippen molar-refractivity contribution in [2.24, 2.45) is 7.05 Å². The van der Waals surface area contributed by atoms with Crippen molar-refractivity contribution in [2.45, 2.75) is 6.92 Å². The molecule has 82 valence electrons. The van der Waals surface area contributed by atoms with Gasteiger partial charge < -0.3 is 9.67 Å². The van der Waals surface area contributed by atoms with E-state index in [0.717, 1.165) is 11.3 Å². The molecule has 0 amide bonds. The Bertz CT molecular complexity index is 570. The van der Waals surface area contributed by atoms with Gasteiger partial charge in [-0.05, 0) is 12.5 Å². The fraction of sp³-hybridized carbons (Fsp3) is 0.154. The van der Waals surface area contributed by atoms with E-state index in [1.807, 2.05) is 30.3 Å². The molecule has 0 aliphatic heterocycles. The lowest BCUT2D eigenvalue weighted by atomic mass is 10.1. The van der Waals surface area contributed by atoms with Gasteiger partial charge in [0.25, 0.3) is 5.56 Å². The molecule has 16 heavy (non-hydrogen) atoms. The lowest BCUT2D eigenvalue weighted by molar-refractivity contribution is 0.473. The zero-order chi connectivity index (χ0) is 11.7. The van der Waals surface area contributed by atoms with E-state index in [4.69, 9.17) is 0 Å². The van der Waals surface area contributed by atoms with Gasteiger partial charge in [-0.3, -0.25) is 4.79 Å². The van der Waals surface area contributed by atoms with Crippen LogP contribution in [0.5, 0.6) is 5.75 Å². The molecule has 1 heterocycles. The molecular formula is C13H13NO2. The van der Waals surface area contributed by atoms with Gasteiger partial charge >= 0.3 is 0 Å². The minimum absolute atomic E-state index is 0.0341. The van der Waals surface area contributed by atoms with E-state index in [1.165, 1.54) is 4.57 Å². The quantitative estimate of drug-likeness (QED) is 0.791. The van der Waals surface area contributed by atoms with Crippen molar-refractivity contribution < 1.29 is 5.11 Å². The summed E-state index contributed by atoms with van der Waals surface area (Å²) in [6, 6.07) is 10.8. The summed E-state index contributed by atoms with van der Waals surface area (Å²) in [5, 5.41) is 9.84. The summed E-state index contributed by atoms with van der Waals surface area (Å²) >= 11 is 0. The number of pyridine rings is 1. The highest BCUT2D eigenvalue weighted by Crippen LogP contribution is 2.25. The molecule has 3 nitrogen and oxygen atoms in total. The Morgan fingerprint density at radius 2 is 1.81 bits per heavy atom. The zero-order valence-corrected chi connectivity index (χ0v) is 9.27. The van der Waals surface area contributed by atoms with E-state index in [0.29, 0.717) is 5.56 Å². The molecule has 0 saturated heterocycles. The number of aryl methyl sites for hydroxylation is 1. The van der Waals surface area contributed by atoms with Gasteiger partial charge in [0.2, 0.25) is 0 Å². The summed E-state index contributed by atoms with van der Waals surface area (Å²) in [5.74, 6) is 0.0341. The molecule has 3 heteroatoms. The molecule has 0 radical (unpaired) electrons. The van der Waals surface area contributed by atoms with E-state index in [1.54, 1.807) is 20.0 Å². The second-order valence-electron chi connectivity index (χ2n) is 3.78. The molecule has 1 aromatic heterocycles. The molecule has 0 atom stereocenters. The van der Waals surface area contributed by atoms with Crippen LogP contribution >= 0.6 is 0 Å². The normalized spacial score (nSPS) is 10.4. The van der Waals surface area contributed by atoms with Crippen molar-refractivity contribution in [3.63, 3.8) is 0 Å². The maximum absolute atomic E-state index is 12.0. The van der Waals surface area contributed by atoms with E-state index in [-0.39, 0.29) is 11.3 Å². The van der Waals surface area contributed by atoms with Crippen LogP contribution in [0.1, 0.15) is 5.69 Å². The Morgan fingerprint density at radius 3 is 2.44 bits per heavy atom. The van der Waals surface area contributed by atoms with Crippen molar-refractivity contribution in [1.29, 1.82) is 0 Å². The van der Waals surface area contributed by atoms with Crippen molar-refractivity contribution in [1.82, 2.24) is 4.57 Å². The molecule has 0 unspecified atom stereocenters. The summed E-state index contributed by atoms with van der Waals surface area (Å²) in [6.07, 6.45) is 0. The molecule has 0 bridgehead atoms. The first-order valence-corrected chi connectivity index (χ1v) is 5.06. The van der Waals surface area contributed by atoms with Crippen molar-refractivity contribution in [3.8, 4) is 16.9 Å². The predicted molar refractivity (Wildman–Crippen MR) is 63.5 cm³/mol. The Kier molecular flexibility index (Phi) is 2.52. The first-order valence-electron chi connectivity index (χ1n) is 5.06. The summed E-state index contributed by atoms with van der Waals surface area (Å²) in [6.45, 7) is 1.79. The van der Waals surface area contributed by atoms with Crippen molar-refractivity contribution in [2.75, 3.05) is 0 Å². The predicted octanol–water partition coefficient (Wildman–Crippen LogP) is 2.07. The molecule has 0 fully saturated rings. The van der Waals surface area contributed by atoms with Crippen LogP contribution in [0.2, 0.25) is 0 Å². The van der Waals surface area contributed by atoms with Gasteiger partial charge in [0.15, 0.2) is 0 Å². The van der Waals surface area contributed by atoms with Crippen LogP contribution in [0.4, 0.5) is 0 Å². The van der Waals surface area contributed by atoms with Crippen LogP contribution in [0, 0.1) is 6.92 Å². The molecule has 0 aliphatic rings. The number of rotatable bonds is 1. The number of nitrogens with zero attached hydrogens (tertiary/aromatic N) is 1. The third-order valence-corrected chi connectivity index (χ3v) is 2.71. The lowest BCUT2D eigenvalue weighted by Gasteiger charge is -2.09. The molecule has 1 aromatic carbocycles. The highest BCUT2D eigenvalue weighted by atomic mass is 16.3. The second-order valence-corrected chi connectivity index (χ2v) is 3.78. The molecule has 0 spiro atoms. The third-order valence-electron chi connectivity index (χ3n) is 2.71. The van der Waals surface area contributed by atoms with E-state index < -0.39 is 0 Å². The first kappa shape index (κ1) is 10.5. The Morgan fingerprint density at radius 1 is 1.19 bits per heavy atom. The monoisotopic (exact) mass is 215 g/mol. The molecular weight excluding hydrogens is 202 g/mol. The Labute approximate surface area is 93.6 Å². The van der Waals surface area contributed by atoms with Gasteiger partial charge in [-0.1, -0.05) is 30.3 Å². The molecule has 0 saturated carbocycles. The Hall–Kier alpha value is -2.03. The zero-order valence-electron chi connectivity index (χ0n) is 9.27. The number of hydrogen-bond acceptors (Lipinski definition) is 2. The largest absolute Gasteiger partial charge is 0.507 e. The van der Waals surface area contributed by atoms with Gasteiger partial charge in [0.1, 0.15) is 5.75 Å². The number of benzene rings is 1. The fourth-order valence-corrected chi connectivity index (χ4v) is 1.68. The van der Waals surface area contributed by atoms with Crippen LogP contribution in [0.15, 0.2) is 41.2 Å². The fourth-order valence-electron chi connectivity index (χ4n) is 1.68. The van der Waals surface area contributed by atoms with Crippen LogP contribution in [0.25, 0.3) is 11.1 Å².